The van der Waals surface area contributed by atoms with Crippen LogP contribution in [0.5, 0.6) is 0 Å². The molecule has 2 nitrogen and oxygen atoms in total. The van der Waals surface area contributed by atoms with Gasteiger partial charge in [-0.25, -0.2) is 8.78 Å². The fourth-order valence-corrected chi connectivity index (χ4v) is 2.87. The van der Waals surface area contributed by atoms with Gasteiger partial charge in [-0.15, -0.1) is 0 Å². The van der Waals surface area contributed by atoms with Gasteiger partial charge < -0.3 is 5.73 Å². The Labute approximate surface area is 186 Å². The standard InChI is InChI=1S/C21H20F2O.C6H15N/c1-4-15(2)20(24)13-11-16-10-12-18(17-8-6-5-7-9-17)19(14-16)21(3,22)23;1-3-5-6(7)4-2/h5-10,12,14-15H,4H2,1-3H3;6H,3-5,7H2,1-2H3. The minimum absolute atomic E-state index is 0.0866. The molecule has 2 N–H and O–H groups in total. The summed E-state index contributed by atoms with van der Waals surface area (Å²) in [4.78, 5) is 11.8. The molecule has 0 spiro atoms. The zero-order chi connectivity index (χ0) is 23.4. The van der Waals surface area contributed by atoms with E-state index in [-0.39, 0.29) is 17.3 Å². The number of carbonyl (C=O) groups is 1. The molecule has 2 aromatic rings. The van der Waals surface area contributed by atoms with Crippen LogP contribution in [-0.4, -0.2) is 11.8 Å². The van der Waals surface area contributed by atoms with Gasteiger partial charge in [0.05, 0.1) is 0 Å². The predicted molar refractivity (Wildman–Crippen MR) is 126 cm³/mol. The number of rotatable bonds is 7. The molecular formula is C27H35F2NO. The van der Waals surface area contributed by atoms with Crippen LogP contribution in [0.4, 0.5) is 8.78 Å². The Kier molecular flexibility index (Phi) is 11.1. The van der Waals surface area contributed by atoms with Crippen LogP contribution in [0, 0.1) is 17.8 Å². The van der Waals surface area contributed by atoms with Gasteiger partial charge in [0.25, 0.3) is 5.92 Å². The third-order valence-electron chi connectivity index (χ3n) is 5.15. The second-order valence-corrected chi connectivity index (χ2v) is 7.90. The van der Waals surface area contributed by atoms with Gasteiger partial charge in [-0.1, -0.05) is 76.4 Å². The summed E-state index contributed by atoms with van der Waals surface area (Å²) >= 11 is 0. The van der Waals surface area contributed by atoms with Crippen LogP contribution in [0.2, 0.25) is 0 Å². The smallest absolute Gasteiger partial charge is 0.271 e. The third kappa shape index (κ3) is 9.02. The minimum atomic E-state index is -3.00. The molecule has 4 heteroatoms. The Balaban J connectivity index is 0.000000592. The molecule has 0 aromatic heterocycles. The highest BCUT2D eigenvalue weighted by atomic mass is 19.3. The van der Waals surface area contributed by atoms with E-state index >= 15 is 0 Å². The Morgan fingerprint density at radius 3 is 2.19 bits per heavy atom. The summed E-state index contributed by atoms with van der Waals surface area (Å²) in [6.07, 6.45) is 4.22. The van der Waals surface area contributed by atoms with Gasteiger partial charge in [0, 0.05) is 30.0 Å². The molecule has 0 amide bonds. The van der Waals surface area contributed by atoms with Gasteiger partial charge in [0.1, 0.15) is 0 Å². The number of hydrogen-bond acceptors (Lipinski definition) is 2. The molecule has 2 aromatic carbocycles. The van der Waals surface area contributed by atoms with Crippen LogP contribution >= 0.6 is 0 Å². The van der Waals surface area contributed by atoms with E-state index in [2.05, 4.69) is 25.7 Å². The van der Waals surface area contributed by atoms with Crippen molar-refractivity contribution in [1.82, 2.24) is 0 Å². The molecule has 31 heavy (non-hydrogen) atoms. The number of carbonyl (C=O) groups excluding carboxylic acids is 1. The van der Waals surface area contributed by atoms with Gasteiger partial charge in [-0.2, -0.15) is 0 Å². The summed E-state index contributed by atoms with van der Waals surface area (Å²) < 4.78 is 28.1. The molecule has 2 rings (SSSR count). The highest BCUT2D eigenvalue weighted by Crippen LogP contribution is 2.36. The molecule has 2 unspecified atom stereocenters. The van der Waals surface area contributed by atoms with E-state index in [1.54, 1.807) is 31.2 Å². The van der Waals surface area contributed by atoms with Crippen molar-refractivity contribution in [2.45, 2.75) is 72.3 Å². The summed E-state index contributed by atoms with van der Waals surface area (Å²) in [6, 6.07) is 14.2. The van der Waals surface area contributed by atoms with Crippen molar-refractivity contribution < 1.29 is 13.6 Å². The van der Waals surface area contributed by atoms with Gasteiger partial charge in [-0.05, 0) is 48.4 Å². The lowest BCUT2D eigenvalue weighted by Crippen LogP contribution is -2.17. The quantitative estimate of drug-likeness (QED) is 0.486. The molecule has 0 fully saturated rings. The SMILES string of the molecule is CCC(C)C(=O)C#Cc1ccc(-c2ccccc2)c(C(C)(F)F)c1.CCCC(N)CC. The number of benzene rings is 2. The first-order valence-corrected chi connectivity index (χ1v) is 11.0. The first-order chi connectivity index (χ1) is 14.6. The van der Waals surface area contributed by atoms with Crippen molar-refractivity contribution >= 4 is 5.78 Å². The third-order valence-corrected chi connectivity index (χ3v) is 5.15. The van der Waals surface area contributed by atoms with Gasteiger partial charge in [-0.3, -0.25) is 4.79 Å². The van der Waals surface area contributed by atoms with Gasteiger partial charge in [0.15, 0.2) is 0 Å². The van der Waals surface area contributed by atoms with E-state index in [1.807, 2.05) is 25.1 Å². The van der Waals surface area contributed by atoms with E-state index in [9.17, 15) is 13.6 Å². The molecule has 168 valence electrons. The number of alkyl halides is 2. The number of nitrogens with two attached hydrogens (primary N) is 1. The normalized spacial score (nSPS) is 12.6. The van der Waals surface area contributed by atoms with Crippen LogP contribution in [0.15, 0.2) is 48.5 Å². The van der Waals surface area contributed by atoms with Crippen LogP contribution in [0.1, 0.15) is 71.4 Å². The molecule has 0 aliphatic heterocycles. The molecule has 0 aliphatic rings. The summed E-state index contributed by atoms with van der Waals surface area (Å²) in [5.74, 6) is 1.96. The number of Topliss-reactive ketones (excluding diaryl/α,β-unsaturated/α-hetero) is 1. The zero-order valence-corrected chi connectivity index (χ0v) is 19.3. The van der Waals surface area contributed by atoms with Crippen LogP contribution < -0.4 is 5.73 Å². The van der Waals surface area contributed by atoms with Crippen molar-refractivity contribution in [3.05, 3.63) is 59.7 Å². The minimum Gasteiger partial charge on any atom is -0.328 e. The van der Waals surface area contributed by atoms with Crippen LogP contribution in [-0.2, 0) is 10.7 Å². The van der Waals surface area contributed by atoms with Gasteiger partial charge in [0.2, 0.25) is 5.78 Å². The lowest BCUT2D eigenvalue weighted by molar-refractivity contribution is -0.116. The second-order valence-electron chi connectivity index (χ2n) is 7.90. The molecule has 2 atom stereocenters. The largest absolute Gasteiger partial charge is 0.328 e. The second kappa shape index (κ2) is 13.0. The van der Waals surface area contributed by atoms with Crippen molar-refractivity contribution in [3.63, 3.8) is 0 Å². The number of halogens is 2. The Morgan fingerprint density at radius 2 is 1.71 bits per heavy atom. The fraction of sp³-hybridized carbons (Fsp3) is 0.444. The van der Waals surface area contributed by atoms with E-state index in [0.29, 0.717) is 23.6 Å². The monoisotopic (exact) mass is 427 g/mol. The molecule has 0 saturated carbocycles. The Hall–Kier alpha value is -2.51. The molecule has 0 saturated heterocycles. The lowest BCUT2D eigenvalue weighted by atomic mass is 9.94. The molecule has 0 heterocycles. The average molecular weight is 428 g/mol. The first-order valence-electron chi connectivity index (χ1n) is 11.0. The highest BCUT2D eigenvalue weighted by molar-refractivity contribution is 5.97. The topological polar surface area (TPSA) is 43.1 Å². The van der Waals surface area contributed by atoms with E-state index in [4.69, 9.17) is 5.73 Å². The maximum atomic E-state index is 14.0. The van der Waals surface area contributed by atoms with E-state index in [0.717, 1.165) is 18.9 Å². The Morgan fingerprint density at radius 1 is 1.06 bits per heavy atom. The van der Waals surface area contributed by atoms with Gasteiger partial charge >= 0.3 is 0 Å². The number of ketones is 1. The predicted octanol–water partition coefficient (Wildman–Crippen LogP) is 6.96. The van der Waals surface area contributed by atoms with Crippen LogP contribution in [0.3, 0.4) is 0 Å². The molecular weight excluding hydrogens is 392 g/mol. The van der Waals surface area contributed by atoms with E-state index in [1.165, 1.54) is 18.9 Å². The van der Waals surface area contributed by atoms with Crippen molar-refractivity contribution in [1.29, 1.82) is 0 Å². The van der Waals surface area contributed by atoms with Crippen molar-refractivity contribution in [3.8, 4) is 23.0 Å². The van der Waals surface area contributed by atoms with E-state index < -0.39 is 5.92 Å². The fourth-order valence-electron chi connectivity index (χ4n) is 2.87. The van der Waals surface area contributed by atoms with Crippen molar-refractivity contribution in [2.24, 2.45) is 11.7 Å². The Bertz CT molecular complexity index is 876. The average Bonchev–Trinajstić information content (AvgIpc) is 2.77. The first kappa shape index (κ1) is 26.5. The maximum Gasteiger partial charge on any atom is 0.271 e. The maximum absolute atomic E-state index is 14.0. The van der Waals surface area contributed by atoms with Crippen LogP contribution in [0.25, 0.3) is 11.1 Å². The summed E-state index contributed by atoms with van der Waals surface area (Å²) in [7, 11) is 0. The summed E-state index contributed by atoms with van der Waals surface area (Å²) in [6.45, 7) is 8.88. The molecule has 0 radical (unpaired) electrons. The summed E-state index contributed by atoms with van der Waals surface area (Å²) in [5, 5.41) is 0. The number of hydrogen-bond donors (Lipinski definition) is 1. The lowest BCUT2D eigenvalue weighted by Gasteiger charge is -2.16. The molecule has 0 bridgehead atoms. The van der Waals surface area contributed by atoms with Crippen molar-refractivity contribution in [2.75, 3.05) is 0 Å². The molecule has 0 aliphatic carbocycles. The highest BCUT2D eigenvalue weighted by Gasteiger charge is 2.28. The zero-order valence-electron chi connectivity index (χ0n) is 19.3. The summed E-state index contributed by atoms with van der Waals surface area (Å²) in [5.41, 5.74) is 7.12.